The van der Waals surface area contributed by atoms with E-state index in [9.17, 15) is 4.39 Å². The molecule has 7 nitrogen and oxygen atoms in total. The first-order valence-corrected chi connectivity index (χ1v) is 11.7. The van der Waals surface area contributed by atoms with Gasteiger partial charge in [-0.05, 0) is 75.3 Å². The highest BCUT2D eigenvalue weighted by molar-refractivity contribution is 7.80. The second kappa shape index (κ2) is 10.3. The van der Waals surface area contributed by atoms with E-state index >= 15 is 0 Å². The summed E-state index contributed by atoms with van der Waals surface area (Å²) < 4.78 is 22.4. The molecule has 0 amide bonds. The fraction of sp³-hybridized carbons (Fsp3) is 0.269. The van der Waals surface area contributed by atoms with Crippen molar-refractivity contribution in [3.63, 3.8) is 0 Å². The number of anilines is 2. The van der Waals surface area contributed by atoms with Crippen molar-refractivity contribution in [2.24, 2.45) is 0 Å². The maximum absolute atomic E-state index is 13.2. The van der Waals surface area contributed by atoms with E-state index < -0.39 is 0 Å². The van der Waals surface area contributed by atoms with Gasteiger partial charge < -0.3 is 15.4 Å². The molecule has 0 saturated carbocycles. The Morgan fingerprint density at radius 3 is 1.94 bits per heavy atom. The zero-order chi connectivity index (χ0) is 25.1. The van der Waals surface area contributed by atoms with Crippen molar-refractivity contribution in [2.75, 3.05) is 17.7 Å². The SMILES string of the molecule is COc1cccc(Cn2nc(C)c(NC(=S)Nc3c(C)nn(Cc4ccc(F)cc4)c3C)c2C)c1. The van der Waals surface area contributed by atoms with Gasteiger partial charge in [-0.2, -0.15) is 10.2 Å². The molecule has 2 aromatic carbocycles. The van der Waals surface area contributed by atoms with Crippen LogP contribution in [0.2, 0.25) is 0 Å². The molecular formula is C26H29FN6OS. The number of methoxy groups -OCH3 is 1. The molecule has 4 aromatic rings. The van der Waals surface area contributed by atoms with E-state index in [0.29, 0.717) is 18.2 Å². The molecule has 0 bridgehead atoms. The van der Waals surface area contributed by atoms with Crippen LogP contribution in [0.25, 0.3) is 0 Å². The quantitative estimate of drug-likeness (QED) is 0.338. The zero-order valence-electron chi connectivity index (χ0n) is 20.5. The van der Waals surface area contributed by atoms with Crippen molar-refractivity contribution in [1.82, 2.24) is 19.6 Å². The molecule has 2 heterocycles. The summed E-state index contributed by atoms with van der Waals surface area (Å²) >= 11 is 5.63. The lowest BCUT2D eigenvalue weighted by Crippen LogP contribution is -2.21. The van der Waals surface area contributed by atoms with Gasteiger partial charge in [0.05, 0.1) is 54.3 Å². The molecule has 0 atom stereocenters. The van der Waals surface area contributed by atoms with Crippen molar-refractivity contribution in [3.8, 4) is 5.75 Å². The van der Waals surface area contributed by atoms with E-state index in [1.54, 1.807) is 19.2 Å². The van der Waals surface area contributed by atoms with Crippen LogP contribution in [0.5, 0.6) is 5.75 Å². The van der Waals surface area contributed by atoms with E-state index in [1.807, 2.05) is 61.3 Å². The van der Waals surface area contributed by atoms with E-state index in [0.717, 1.165) is 51.0 Å². The molecule has 0 spiro atoms. The summed E-state index contributed by atoms with van der Waals surface area (Å²) in [7, 11) is 1.66. The fourth-order valence-corrected chi connectivity index (χ4v) is 4.23. The molecule has 0 fully saturated rings. The first kappa shape index (κ1) is 24.4. The Kier molecular flexibility index (Phi) is 7.16. The molecule has 9 heteroatoms. The third-order valence-electron chi connectivity index (χ3n) is 5.95. The number of aromatic nitrogens is 4. The molecule has 0 unspecified atom stereocenters. The van der Waals surface area contributed by atoms with Crippen molar-refractivity contribution >= 4 is 28.7 Å². The minimum Gasteiger partial charge on any atom is -0.497 e. The molecule has 0 aliphatic rings. The molecule has 0 aliphatic heterocycles. The highest BCUT2D eigenvalue weighted by Crippen LogP contribution is 2.24. The molecule has 182 valence electrons. The van der Waals surface area contributed by atoms with E-state index in [4.69, 9.17) is 22.1 Å². The lowest BCUT2D eigenvalue weighted by molar-refractivity contribution is 0.414. The molecule has 4 rings (SSSR count). The number of rotatable bonds is 7. The van der Waals surface area contributed by atoms with Crippen LogP contribution in [0.1, 0.15) is 33.9 Å². The topological polar surface area (TPSA) is 68.9 Å². The summed E-state index contributed by atoms with van der Waals surface area (Å²) in [5, 5.41) is 16.4. The van der Waals surface area contributed by atoms with E-state index in [-0.39, 0.29) is 5.82 Å². The predicted octanol–water partition coefficient (Wildman–Crippen LogP) is 5.37. The van der Waals surface area contributed by atoms with Crippen LogP contribution in [0.3, 0.4) is 0 Å². The highest BCUT2D eigenvalue weighted by Gasteiger charge is 2.17. The Morgan fingerprint density at radius 1 is 0.857 bits per heavy atom. The summed E-state index contributed by atoms with van der Waals surface area (Å²) in [4.78, 5) is 0. The minimum atomic E-state index is -0.252. The lowest BCUT2D eigenvalue weighted by Gasteiger charge is -2.12. The number of nitrogens with one attached hydrogen (secondary N) is 2. The van der Waals surface area contributed by atoms with Gasteiger partial charge in [-0.3, -0.25) is 9.36 Å². The largest absolute Gasteiger partial charge is 0.497 e. The van der Waals surface area contributed by atoms with Crippen LogP contribution in [-0.4, -0.2) is 31.8 Å². The molecule has 0 aliphatic carbocycles. The number of hydrogen-bond donors (Lipinski definition) is 2. The number of ether oxygens (including phenoxy) is 1. The molecule has 2 aromatic heterocycles. The summed E-state index contributed by atoms with van der Waals surface area (Å²) in [6.45, 7) is 9.06. The number of halogens is 1. The number of aryl methyl sites for hydroxylation is 2. The van der Waals surface area contributed by atoms with Gasteiger partial charge in [-0.1, -0.05) is 24.3 Å². The summed E-state index contributed by atoms with van der Waals surface area (Å²) in [6.07, 6.45) is 0. The van der Waals surface area contributed by atoms with E-state index in [1.165, 1.54) is 12.1 Å². The Morgan fingerprint density at radius 2 is 1.40 bits per heavy atom. The normalized spacial score (nSPS) is 10.9. The average Bonchev–Trinajstić information content (AvgIpc) is 3.24. The highest BCUT2D eigenvalue weighted by atomic mass is 32.1. The lowest BCUT2D eigenvalue weighted by atomic mass is 10.2. The van der Waals surface area contributed by atoms with E-state index in [2.05, 4.69) is 15.7 Å². The zero-order valence-corrected chi connectivity index (χ0v) is 21.3. The predicted molar refractivity (Wildman–Crippen MR) is 141 cm³/mol. The summed E-state index contributed by atoms with van der Waals surface area (Å²) in [5.41, 5.74) is 7.41. The van der Waals surface area contributed by atoms with Crippen LogP contribution < -0.4 is 15.4 Å². The van der Waals surface area contributed by atoms with Crippen molar-refractivity contribution in [2.45, 2.75) is 40.8 Å². The Balaban J connectivity index is 1.47. The number of hydrogen-bond acceptors (Lipinski definition) is 4. The van der Waals surface area contributed by atoms with Crippen LogP contribution in [0.15, 0.2) is 48.5 Å². The van der Waals surface area contributed by atoms with Crippen molar-refractivity contribution in [1.29, 1.82) is 0 Å². The second-order valence-corrected chi connectivity index (χ2v) is 8.87. The summed E-state index contributed by atoms with van der Waals surface area (Å²) in [6, 6.07) is 14.4. The molecule has 35 heavy (non-hydrogen) atoms. The monoisotopic (exact) mass is 492 g/mol. The van der Waals surface area contributed by atoms with Gasteiger partial charge in [0.15, 0.2) is 5.11 Å². The van der Waals surface area contributed by atoms with Gasteiger partial charge in [-0.15, -0.1) is 0 Å². The Bertz CT molecular complexity index is 1360. The smallest absolute Gasteiger partial charge is 0.175 e. The summed E-state index contributed by atoms with van der Waals surface area (Å²) in [5.74, 6) is 0.566. The molecular weight excluding hydrogens is 463 g/mol. The third-order valence-corrected chi connectivity index (χ3v) is 6.16. The fourth-order valence-electron chi connectivity index (χ4n) is 4.03. The molecule has 0 saturated heterocycles. The van der Waals surface area contributed by atoms with Gasteiger partial charge in [-0.25, -0.2) is 4.39 Å². The van der Waals surface area contributed by atoms with Crippen LogP contribution >= 0.6 is 12.2 Å². The van der Waals surface area contributed by atoms with Crippen molar-refractivity contribution in [3.05, 3.63) is 88.3 Å². The number of thiocarbonyl (C=S) groups is 1. The standard InChI is InChI=1S/C26H29FN6OS/c1-16-24(18(3)32(30-16)14-20-9-11-22(27)12-10-20)28-26(35)29-25-17(2)31-33(19(25)4)15-21-7-6-8-23(13-21)34-5/h6-13H,14-15H2,1-5H3,(H2,28,29,35). The molecule has 2 N–H and O–H groups in total. The third kappa shape index (κ3) is 5.51. The number of benzene rings is 2. The minimum absolute atomic E-state index is 0.252. The van der Waals surface area contributed by atoms with Gasteiger partial charge in [0.1, 0.15) is 11.6 Å². The van der Waals surface area contributed by atoms with Crippen molar-refractivity contribution < 1.29 is 9.13 Å². The van der Waals surface area contributed by atoms with Gasteiger partial charge in [0, 0.05) is 0 Å². The molecule has 0 radical (unpaired) electrons. The first-order chi connectivity index (χ1) is 16.7. The van der Waals surface area contributed by atoms with Gasteiger partial charge in [0.25, 0.3) is 0 Å². The van der Waals surface area contributed by atoms with Crippen LogP contribution in [0.4, 0.5) is 15.8 Å². The Hall–Kier alpha value is -3.72. The number of nitrogens with zero attached hydrogens (tertiary/aromatic N) is 4. The van der Waals surface area contributed by atoms with Crippen LogP contribution in [0, 0.1) is 33.5 Å². The average molecular weight is 493 g/mol. The maximum Gasteiger partial charge on any atom is 0.175 e. The van der Waals surface area contributed by atoms with Gasteiger partial charge >= 0.3 is 0 Å². The van der Waals surface area contributed by atoms with Gasteiger partial charge in [0.2, 0.25) is 0 Å². The maximum atomic E-state index is 13.2. The van der Waals surface area contributed by atoms with Crippen LogP contribution in [-0.2, 0) is 13.1 Å². The second-order valence-electron chi connectivity index (χ2n) is 8.46. The first-order valence-electron chi connectivity index (χ1n) is 11.3. The Labute approximate surface area is 209 Å².